The van der Waals surface area contributed by atoms with Gasteiger partial charge in [-0.15, -0.1) is 0 Å². The SMILES string of the molecule is Oc1ccc2c(c1O)CC(c1ccccc1)CC2C1CCCN1. The van der Waals surface area contributed by atoms with E-state index in [-0.39, 0.29) is 11.5 Å². The Morgan fingerprint density at radius 2 is 1.83 bits per heavy atom. The smallest absolute Gasteiger partial charge is 0.160 e. The molecular formula is C20H23NO2. The molecule has 0 bridgehead atoms. The minimum atomic E-state index is -0.00408. The standard InChI is InChI=1S/C20H23NO2/c22-19-9-8-15-16(18-7-4-10-21-18)11-14(12-17(15)20(19)23)13-5-2-1-3-6-13/h1-3,5-6,8-9,14,16,18,21-23H,4,7,10-12H2. The van der Waals surface area contributed by atoms with Gasteiger partial charge in [-0.3, -0.25) is 0 Å². The van der Waals surface area contributed by atoms with Gasteiger partial charge in [-0.25, -0.2) is 0 Å². The van der Waals surface area contributed by atoms with E-state index in [0.717, 1.165) is 24.9 Å². The normalized spacial score (nSPS) is 26.9. The fourth-order valence-corrected chi connectivity index (χ4v) is 4.38. The van der Waals surface area contributed by atoms with Crippen molar-refractivity contribution >= 4 is 0 Å². The molecule has 3 N–H and O–H groups in total. The van der Waals surface area contributed by atoms with Gasteiger partial charge in [0.1, 0.15) is 0 Å². The van der Waals surface area contributed by atoms with Crippen LogP contribution in [0.15, 0.2) is 42.5 Å². The maximum absolute atomic E-state index is 10.4. The van der Waals surface area contributed by atoms with Crippen molar-refractivity contribution in [2.75, 3.05) is 6.54 Å². The van der Waals surface area contributed by atoms with Gasteiger partial charge < -0.3 is 15.5 Å². The van der Waals surface area contributed by atoms with E-state index >= 15 is 0 Å². The molecule has 3 heteroatoms. The predicted octanol–water partition coefficient (Wildman–Crippen LogP) is 3.66. The van der Waals surface area contributed by atoms with Crippen molar-refractivity contribution < 1.29 is 10.2 Å². The van der Waals surface area contributed by atoms with Gasteiger partial charge in [-0.05, 0) is 55.3 Å². The Labute approximate surface area is 137 Å². The van der Waals surface area contributed by atoms with E-state index in [0.29, 0.717) is 17.9 Å². The first-order valence-corrected chi connectivity index (χ1v) is 8.56. The average molecular weight is 309 g/mol. The lowest BCUT2D eigenvalue weighted by molar-refractivity contribution is 0.371. The minimum Gasteiger partial charge on any atom is -0.504 e. The molecule has 4 rings (SSSR count). The third-order valence-corrected chi connectivity index (χ3v) is 5.54. The molecule has 120 valence electrons. The lowest BCUT2D eigenvalue weighted by Crippen LogP contribution is -2.33. The van der Waals surface area contributed by atoms with Crippen molar-refractivity contribution in [1.82, 2.24) is 5.32 Å². The van der Waals surface area contributed by atoms with Crippen LogP contribution in [0.3, 0.4) is 0 Å². The average Bonchev–Trinajstić information content (AvgIpc) is 3.13. The van der Waals surface area contributed by atoms with Crippen molar-refractivity contribution in [3.05, 3.63) is 59.2 Å². The van der Waals surface area contributed by atoms with Crippen molar-refractivity contribution in [2.24, 2.45) is 0 Å². The Kier molecular flexibility index (Phi) is 3.74. The lowest BCUT2D eigenvalue weighted by atomic mass is 9.71. The second kappa shape index (κ2) is 5.89. The molecule has 1 aliphatic carbocycles. The van der Waals surface area contributed by atoms with Gasteiger partial charge in [-0.1, -0.05) is 36.4 Å². The lowest BCUT2D eigenvalue weighted by Gasteiger charge is -2.36. The quantitative estimate of drug-likeness (QED) is 0.742. The maximum Gasteiger partial charge on any atom is 0.160 e. The van der Waals surface area contributed by atoms with Crippen LogP contribution in [-0.4, -0.2) is 22.8 Å². The van der Waals surface area contributed by atoms with E-state index in [1.54, 1.807) is 6.07 Å². The van der Waals surface area contributed by atoms with E-state index in [1.165, 1.54) is 24.0 Å². The van der Waals surface area contributed by atoms with Crippen molar-refractivity contribution in [3.8, 4) is 11.5 Å². The summed E-state index contributed by atoms with van der Waals surface area (Å²) >= 11 is 0. The summed E-state index contributed by atoms with van der Waals surface area (Å²) in [7, 11) is 0. The Hall–Kier alpha value is -2.00. The summed E-state index contributed by atoms with van der Waals surface area (Å²) in [5.41, 5.74) is 3.47. The molecule has 2 aromatic rings. The van der Waals surface area contributed by atoms with Crippen LogP contribution < -0.4 is 5.32 Å². The molecule has 2 aliphatic rings. The number of hydrogen-bond acceptors (Lipinski definition) is 3. The fourth-order valence-electron chi connectivity index (χ4n) is 4.38. The van der Waals surface area contributed by atoms with Crippen LogP contribution in [0.1, 0.15) is 47.8 Å². The molecular weight excluding hydrogens is 286 g/mol. The molecule has 3 nitrogen and oxygen atoms in total. The number of phenols is 2. The number of fused-ring (bicyclic) bond motifs is 1. The third-order valence-electron chi connectivity index (χ3n) is 5.54. The highest BCUT2D eigenvalue weighted by molar-refractivity contribution is 5.53. The van der Waals surface area contributed by atoms with Gasteiger partial charge in [0.2, 0.25) is 0 Å². The van der Waals surface area contributed by atoms with E-state index in [1.807, 2.05) is 12.1 Å². The highest BCUT2D eigenvalue weighted by Gasteiger charge is 2.35. The second-order valence-corrected chi connectivity index (χ2v) is 6.86. The van der Waals surface area contributed by atoms with Crippen molar-refractivity contribution in [1.29, 1.82) is 0 Å². The molecule has 0 amide bonds. The van der Waals surface area contributed by atoms with E-state index in [9.17, 15) is 10.2 Å². The van der Waals surface area contributed by atoms with Crippen LogP contribution in [0.5, 0.6) is 11.5 Å². The summed E-state index contributed by atoms with van der Waals surface area (Å²) in [5.74, 6) is 0.864. The molecule has 3 atom stereocenters. The van der Waals surface area contributed by atoms with Gasteiger partial charge >= 0.3 is 0 Å². The number of aromatic hydroxyl groups is 2. The number of phenolic OH excluding ortho intramolecular Hbond substituents is 2. The third kappa shape index (κ3) is 2.59. The topological polar surface area (TPSA) is 52.5 Å². The summed E-state index contributed by atoms with van der Waals surface area (Å²) < 4.78 is 0. The van der Waals surface area contributed by atoms with Crippen LogP contribution >= 0.6 is 0 Å². The van der Waals surface area contributed by atoms with Gasteiger partial charge in [0.25, 0.3) is 0 Å². The van der Waals surface area contributed by atoms with Crippen LogP contribution in [-0.2, 0) is 6.42 Å². The molecule has 3 unspecified atom stereocenters. The van der Waals surface area contributed by atoms with E-state index < -0.39 is 0 Å². The number of rotatable bonds is 2. The zero-order valence-electron chi connectivity index (χ0n) is 13.2. The maximum atomic E-state index is 10.4. The molecule has 1 saturated heterocycles. The molecule has 0 aromatic heterocycles. The molecule has 1 fully saturated rings. The van der Waals surface area contributed by atoms with E-state index in [4.69, 9.17) is 0 Å². The number of benzene rings is 2. The molecule has 1 aliphatic heterocycles. The van der Waals surface area contributed by atoms with Gasteiger partial charge in [0, 0.05) is 17.5 Å². The summed E-state index contributed by atoms with van der Waals surface area (Å²) in [6, 6.07) is 14.7. The molecule has 2 aromatic carbocycles. The molecule has 1 heterocycles. The zero-order valence-corrected chi connectivity index (χ0v) is 13.2. The van der Waals surface area contributed by atoms with Crippen LogP contribution in [0, 0.1) is 0 Å². The number of hydrogen-bond donors (Lipinski definition) is 3. The number of nitrogens with one attached hydrogen (secondary N) is 1. The van der Waals surface area contributed by atoms with Crippen LogP contribution in [0.2, 0.25) is 0 Å². The van der Waals surface area contributed by atoms with Crippen molar-refractivity contribution in [3.63, 3.8) is 0 Å². The van der Waals surface area contributed by atoms with Gasteiger partial charge in [0.15, 0.2) is 11.5 Å². The largest absolute Gasteiger partial charge is 0.504 e. The Balaban J connectivity index is 1.76. The van der Waals surface area contributed by atoms with Gasteiger partial charge in [0.05, 0.1) is 0 Å². The van der Waals surface area contributed by atoms with Crippen LogP contribution in [0.25, 0.3) is 0 Å². The summed E-state index contributed by atoms with van der Waals surface area (Å²) in [4.78, 5) is 0. The Morgan fingerprint density at radius 1 is 1.00 bits per heavy atom. The molecule has 23 heavy (non-hydrogen) atoms. The van der Waals surface area contributed by atoms with Crippen molar-refractivity contribution in [2.45, 2.75) is 43.6 Å². The molecule has 0 spiro atoms. The Bertz CT molecular complexity index is 692. The Morgan fingerprint density at radius 3 is 2.57 bits per heavy atom. The summed E-state index contributed by atoms with van der Waals surface area (Å²) in [6.07, 6.45) is 4.30. The first-order valence-electron chi connectivity index (χ1n) is 8.56. The minimum absolute atomic E-state index is 0.00408. The zero-order chi connectivity index (χ0) is 15.8. The monoisotopic (exact) mass is 309 g/mol. The first kappa shape index (κ1) is 14.6. The van der Waals surface area contributed by atoms with Crippen LogP contribution in [0.4, 0.5) is 0 Å². The van der Waals surface area contributed by atoms with Gasteiger partial charge in [-0.2, -0.15) is 0 Å². The summed E-state index contributed by atoms with van der Waals surface area (Å²) in [6.45, 7) is 1.08. The highest BCUT2D eigenvalue weighted by Crippen LogP contribution is 2.47. The highest BCUT2D eigenvalue weighted by atomic mass is 16.3. The molecule has 0 radical (unpaired) electrons. The summed E-state index contributed by atoms with van der Waals surface area (Å²) in [5, 5.41) is 23.9. The fraction of sp³-hybridized carbons (Fsp3) is 0.400. The molecule has 0 saturated carbocycles. The first-order chi connectivity index (χ1) is 11.2. The predicted molar refractivity (Wildman–Crippen MR) is 91.0 cm³/mol. The van der Waals surface area contributed by atoms with E-state index in [2.05, 4.69) is 29.6 Å². The second-order valence-electron chi connectivity index (χ2n) is 6.86.